The van der Waals surface area contributed by atoms with E-state index in [2.05, 4.69) is 5.32 Å². The number of benzene rings is 1. The maximum absolute atomic E-state index is 13.3. The third-order valence-corrected chi connectivity index (χ3v) is 2.49. The quantitative estimate of drug-likeness (QED) is 0.833. The van der Waals surface area contributed by atoms with Gasteiger partial charge >= 0.3 is 0 Å². The van der Waals surface area contributed by atoms with Crippen molar-refractivity contribution in [1.29, 1.82) is 0 Å². The van der Waals surface area contributed by atoms with E-state index in [0.29, 0.717) is 0 Å². The first-order valence-corrected chi connectivity index (χ1v) is 5.50. The number of nitrogens with two attached hydrogens (primary N) is 1. The van der Waals surface area contributed by atoms with E-state index in [1.807, 2.05) is 0 Å². The Hall–Kier alpha value is -1.24. The van der Waals surface area contributed by atoms with Crippen LogP contribution in [-0.4, -0.2) is 25.7 Å². The normalized spacial score (nSPS) is 11.6. The van der Waals surface area contributed by atoms with Gasteiger partial charge in [-0.15, -0.1) is 12.4 Å². The molecule has 0 saturated heterocycles. The van der Waals surface area contributed by atoms with Gasteiger partial charge in [0.2, 0.25) is 5.91 Å². The summed E-state index contributed by atoms with van der Waals surface area (Å²) in [6.07, 6.45) is -0.286. The van der Waals surface area contributed by atoms with Crippen LogP contribution in [0.25, 0.3) is 0 Å². The molecule has 0 spiro atoms. The van der Waals surface area contributed by atoms with E-state index < -0.39 is 11.6 Å². The number of nitrogens with one attached hydrogen (secondary N) is 1. The molecule has 1 atom stereocenters. The first kappa shape index (κ1) is 17.8. The molecule has 0 saturated carbocycles. The summed E-state index contributed by atoms with van der Waals surface area (Å²) >= 11 is 0. The summed E-state index contributed by atoms with van der Waals surface area (Å²) in [5, 5.41) is 2.48. The third-order valence-electron chi connectivity index (χ3n) is 2.49. The molecule has 0 aliphatic heterocycles. The van der Waals surface area contributed by atoms with Crippen molar-refractivity contribution in [3.8, 4) is 0 Å². The van der Waals surface area contributed by atoms with Crippen LogP contribution in [0.1, 0.15) is 12.0 Å². The van der Waals surface area contributed by atoms with Crippen LogP contribution in [0.3, 0.4) is 0 Å². The number of carbonyl (C=O) groups excluding carboxylic acids is 1. The number of methoxy groups -OCH3 is 1. The summed E-state index contributed by atoms with van der Waals surface area (Å²) in [4.78, 5) is 11.5. The van der Waals surface area contributed by atoms with Crippen LogP contribution in [0.2, 0.25) is 0 Å². The topological polar surface area (TPSA) is 64.3 Å². The van der Waals surface area contributed by atoms with E-state index >= 15 is 0 Å². The number of carbonyl (C=O) groups is 1. The maximum Gasteiger partial charge on any atom is 0.222 e. The fraction of sp³-hybridized carbons (Fsp3) is 0.417. The van der Waals surface area contributed by atoms with E-state index in [0.717, 1.165) is 18.2 Å². The Morgan fingerprint density at radius 3 is 2.74 bits per heavy atom. The molecule has 0 bridgehead atoms. The smallest absolute Gasteiger partial charge is 0.222 e. The molecule has 0 heterocycles. The van der Waals surface area contributed by atoms with E-state index in [-0.39, 0.29) is 49.5 Å². The molecule has 0 radical (unpaired) electrons. The van der Waals surface area contributed by atoms with Crippen molar-refractivity contribution in [1.82, 2.24) is 5.32 Å². The Labute approximate surface area is 116 Å². The molecule has 1 aromatic rings. The lowest BCUT2D eigenvalue weighted by Gasteiger charge is -2.12. The molecule has 7 heteroatoms. The van der Waals surface area contributed by atoms with Gasteiger partial charge < -0.3 is 15.8 Å². The molecule has 1 unspecified atom stereocenters. The van der Waals surface area contributed by atoms with Crippen LogP contribution in [0.4, 0.5) is 8.78 Å². The molecule has 108 valence electrons. The van der Waals surface area contributed by atoms with Crippen molar-refractivity contribution >= 4 is 18.3 Å². The number of halogens is 3. The lowest BCUT2D eigenvalue weighted by Crippen LogP contribution is -2.32. The van der Waals surface area contributed by atoms with Gasteiger partial charge in [0.25, 0.3) is 0 Å². The minimum absolute atomic E-state index is 0. The highest BCUT2D eigenvalue weighted by molar-refractivity contribution is 5.85. The largest absolute Gasteiger partial charge is 0.380 e. The maximum atomic E-state index is 13.3. The molecule has 1 aromatic carbocycles. The highest BCUT2D eigenvalue weighted by Crippen LogP contribution is 2.09. The Kier molecular flexibility index (Phi) is 8.22. The lowest BCUT2D eigenvalue weighted by atomic mass is 10.2. The average Bonchev–Trinajstić information content (AvgIpc) is 2.37. The minimum atomic E-state index is -0.557. The summed E-state index contributed by atoms with van der Waals surface area (Å²) in [5.74, 6) is -1.42. The predicted octanol–water partition coefficient (Wildman–Crippen LogP) is 1.37. The molecule has 4 nitrogen and oxygen atoms in total. The van der Waals surface area contributed by atoms with Crippen LogP contribution >= 0.6 is 12.4 Å². The molecule has 3 N–H and O–H groups in total. The monoisotopic (exact) mass is 294 g/mol. The Balaban J connectivity index is 0.00000324. The molecular formula is C12H17ClF2N2O2. The van der Waals surface area contributed by atoms with Crippen molar-refractivity contribution in [2.75, 3.05) is 13.7 Å². The van der Waals surface area contributed by atoms with Gasteiger partial charge in [0.1, 0.15) is 11.6 Å². The summed E-state index contributed by atoms with van der Waals surface area (Å²) in [6.45, 7) is 0.154. The van der Waals surface area contributed by atoms with Crippen LogP contribution in [0, 0.1) is 11.6 Å². The molecule has 19 heavy (non-hydrogen) atoms. The fourth-order valence-corrected chi connectivity index (χ4v) is 1.41. The van der Waals surface area contributed by atoms with Crippen LogP contribution in [0.15, 0.2) is 18.2 Å². The zero-order valence-corrected chi connectivity index (χ0v) is 11.3. The first-order valence-electron chi connectivity index (χ1n) is 5.50. The minimum Gasteiger partial charge on any atom is -0.380 e. The SMILES string of the molecule is COC(CN)CC(=O)NCc1cc(F)ccc1F.Cl. The standard InChI is InChI=1S/C12H16F2N2O2.ClH/c1-18-10(6-15)5-12(17)16-7-8-4-9(13)2-3-11(8)14;/h2-4,10H,5-7,15H2,1H3,(H,16,17);1H. The Morgan fingerprint density at radius 1 is 1.47 bits per heavy atom. The van der Waals surface area contributed by atoms with E-state index in [1.165, 1.54) is 7.11 Å². The van der Waals surface area contributed by atoms with Gasteiger partial charge in [-0.3, -0.25) is 4.79 Å². The number of rotatable bonds is 6. The predicted molar refractivity (Wildman–Crippen MR) is 69.9 cm³/mol. The molecule has 1 amide bonds. The fourth-order valence-electron chi connectivity index (χ4n) is 1.41. The second kappa shape index (κ2) is 8.79. The van der Waals surface area contributed by atoms with Crippen LogP contribution in [-0.2, 0) is 16.1 Å². The van der Waals surface area contributed by atoms with Crippen molar-refractivity contribution in [3.63, 3.8) is 0 Å². The molecule has 0 aliphatic carbocycles. The summed E-state index contributed by atoms with van der Waals surface area (Å²) in [5.41, 5.74) is 5.47. The number of ether oxygens (including phenoxy) is 1. The molecular weight excluding hydrogens is 278 g/mol. The van der Waals surface area contributed by atoms with Crippen molar-refractivity contribution in [2.45, 2.75) is 19.1 Å². The Morgan fingerprint density at radius 2 is 2.16 bits per heavy atom. The molecule has 0 fully saturated rings. The van der Waals surface area contributed by atoms with Crippen LogP contribution < -0.4 is 11.1 Å². The average molecular weight is 295 g/mol. The van der Waals surface area contributed by atoms with Gasteiger partial charge in [0, 0.05) is 25.8 Å². The third kappa shape index (κ3) is 5.96. The van der Waals surface area contributed by atoms with Gasteiger partial charge in [0.15, 0.2) is 0 Å². The van der Waals surface area contributed by atoms with E-state index in [1.54, 1.807) is 0 Å². The summed E-state index contributed by atoms with van der Waals surface area (Å²) < 4.78 is 31.1. The van der Waals surface area contributed by atoms with Gasteiger partial charge in [-0.1, -0.05) is 0 Å². The zero-order chi connectivity index (χ0) is 13.5. The van der Waals surface area contributed by atoms with Gasteiger partial charge in [-0.2, -0.15) is 0 Å². The van der Waals surface area contributed by atoms with Crippen LogP contribution in [0.5, 0.6) is 0 Å². The van der Waals surface area contributed by atoms with Gasteiger partial charge in [-0.05, 0) is 18.2 Å². The van der Waals surface area contributed by atoms with E-state index in [9.17, 15) is 13.6 Å². The molecule has 0 aromatic heterocycles. The van der Waals surface area contributed by atoms with Crippen molar-refractivity contribution in [2.24, 2.45) is 5.73 Å². The highest BCUT2D eigenvalue weighted by atomic mass is 35.5. The highest BCUT2D eigenvalue weighted by Gasteiger charge is 2.12. The molecule has 1 rings (SSSR count). The molecule has 0 aliphatic rings. The van der Waals surface area contributed by atoms with Crippen molar-refractivity contribution in [3.05, 3.63) is 35.4 Å². The Bertz CT molecular complexity index is 415. The lowest BCUT2D eigenvalue weighted by molar-refractivity contribution is -0.123. The second-order valence-electron chi connectivity index (χ2n) is 3.81. The zero-order valence-electron chi connectivity index (χ0n) is 10.5. The summed E-state index contributed by atoms with van der Waals surface area (Å²) in [7, 11) is 1.46. The van der Waals surface area contributed by atoms with Gasteiger partial charge in [0.05, 0.1) is 12.5 Å². The second-order valence-corrected chi connectivity index (χ2v) is 3.81. The number of amides is 1. The number of hydrogen-bond acceptors (Lipinski definition) is 3. The first-order chi connectivity index (χ1) is 8.56. The summed E-state index contributed by atoms with van der Waals surface area (Å²) in [6, 6.07) is 3.09. The van der Waals surface area contributed by atoms with E-state index in [4.69, 9.17) is 10.5 Å². The number of hydrogen-bond donors (Lipinski definition) is 2. The van der Waals surface area contributed by atoms with Gasteiger partial charge in [-0.25, -0.2) is 8.78 Å². The van der Waals surface area contributed by atoms with Crippen molar-refractivity contribution < 1.29 is 18.3 Å².